The summed E-state index contributed by atoms with van der Waals surface area (Å²) in [5.41, 5.74) is 8.23. The lowest BCUT2D eigenvalue weighted by Gasteiger charge is -2.04. The van der Waals surface area contributed by atoms with E-state index >= 15 is 0 Å². The Hall–Kier alpha value is -2.90. The van der Waals surface area contributed by atoms with Gasteiger partial charge in [-0.1, -0.05) is 11.7 Å². The molecule has 2 N–H and O–H groups in total. The number of primary amides is 1. The van der Waals surface area contributed by atoms with Crippen molar-refractivity contribution in [2.75, 3.05) is 7.11 Å². The number of amides is 1. The predicted molar refractivity (Wildman–Crippen MR) is 75.4 cm³/mol. The number of hydrogen-bond acceptors (Lipinski definition) is 5. The van der Waals surface area contributed by atoms with E-state index in [1.807, 2.05) is 19.9 Å². The molecule has 8 nitrogen and oxygen atoms in total. The molecule has 8 heteroatoms. The van der Waals surface area contributed by atoms with Crippen LogP contribution in [0.15, 0.2) is 6.07 Å². The fourth-order valence-corrected chi connectivity index (χ4v) is 2.47. The second kappa shape index (κ2) is 4.30. The van der Waals surface area contributed by atoms with Crippen molar-refractivity contribution < 1.29 is 9.53 Å². The van der Waals surface area contributed by atoms with Crippen molar-refractivity contribution in [3.63, 3.8) is 0 Å². The first-order valence-electron chi connectivity index (χ1n) is 6.22. The van der Waals surface area contributed by atoms with Crippen LogP contribution >= 0.6 is 0 Å². The molecule has 0 saturated carbocycles. The van der Waals surface area contributed by atoms with Crippen molar-refractivity contribution in [3.8, 4) is 11.7 Å². The Morgan fingerprint density at radius 3 is 2.62 bits per heavy atom. The van der Waals surface area contributed by atoms with Crippen LogP contribution in [0.25, 0.3) is 17.9 Å². The van der Waals surface area contributed by atoms with E-state index in [2.05, 4.69) is 21.9 Å². The van der Waals surface area contributed by atoms with Gasteiger partial charge in [-0.05, 0) is 19.9 Å². The number of rotatable bonds is 3. The van der Waals surface area contributed by atoms with Gasteiger partial charge in [-0.25, -0.2) is 9.08 Å². The summed E-state index contributed by atoms with van der Waals surface area (Å²) in [5.74, 6) is -0.618. The van der Waals surface area contributed by atoms with Crippen molar-refractivity contribution in [2.45, 2.75) is 13.8 Å². The lowest BCUT2D eigenvalue weighted by atomic mass is 10.2. The molecule has 0 atom stereocenters. The fourth-order valence-electron chi connectivity index (χ4n) is 2.47. The predicted octanol–water partition coefficient (Wildman–Crippen LogP) is -0.231. The Bertz CT molecular complexity index is 907. The Morgan fingerprint density at radius 1 is 1.38 bits per heavy atom. The molecule has 3 aromatic rings. The van der Waals surface area contributed by atoms with Crippen LogP contribution < -0.4 is 15.8 Å². The summed E-state index contributed by atoms with van der Waals surface area (Å²) in [7, 11) is 1.47. The molecule has 1 amide bonds. The molecule has 0 saturated heterocycles. The molecular weight excluding hydrogens is 272 g/mol. The van der Waals surface area contributed by atoms with E-state index in [9.17, 15) is 4.79 Å². The van der Waals surface area contributed by atoms with Gasteiger partial charge in [-0.2, -0.15) is 5.10 Å². The number of carbonyl (C=O) groups is 1. The molecule has 108 valence electrons. The second-order valence-electron chi connectivity index (χ2n) is 4.72. The van der Waals surface area contributed by atoms with Crippen LogP contribution in [0.3, 0.4) is 0 Å². The molecule has 0 aromatic carbocycles. The van der Waals surface area contributed by atoms with Crippen molar-refractivity contribution in [1.29, 1.82) is 0 Å². The normalized spacial score (nSPS) is 11.2. The number of carbonyl (C=O) groups excluding carboxylic acids is 1. The minimum atomic E-state index is -0.618. The lowest BCUT2D eigenvalue weighted by molar-refractivity contribution is 0.100. The number of aryl methyl sites for hydroxylation is 2. The van der Waals surface area contributed by atoms with Gasteiger partial charge in [0, 0.05) is 5.69 Å². The van der Waals surface area contributed by atoms with Gasteiger partial charge in [-0.15, -0.1) is 5.10 Å². The molecule has 3 heterocycles. The summed E-state index contributed by atoms with van der Waals surface area (Å²) >= 11 is 0. The number of ether oxygens (including phenoxy) is 1. The monoisotopic (exact) mass is 286 g/mol. The second-order valence-corrected chi connectivity index (χ2v) is 4.72. The maximum atomic E-state index is 11.9. The molecule has 0 aliphatic rings. The number of nitrogens with zero attached hydrogens (tertiary/aromatic N) is 5. The summed E-state index contributed by atoms with van der Waals surface area (Å²) in [6, 6.07) is 2.14. The standard InChI is InChI=1S/C13H14N6O2/c1-6-5-7(2)19(17-6)10-8(3)18-12(9(10)11(14)20)15-16-13(18)21-4/h5H,3H2,1-2,4H3,(H2,14,20). The van der Waals surface area contributed by atoms with Gasteiger partial charge < -0.3 is 10.5 Å². The first-order valence-corrected chi connectivity index (χ1v) is 6.22. The van der Waals surface area contributed by atoms with E-state index < -0.39 is 5.91 Å². The third-order valence-corrected chi connectivity index (χ3v) is 3.29. The number of fused-ring (bicyclic) bond motifs is 1. The maximum absolute atomic E-state index is 11.9. The molecule has 0 spiro atoms. The zero-order valence-corrected chi connectivity index (χ0v) is 11.9. The average Bonchev–Trinajstić information content (AvgIpc) is 3.04. The highest BCUT2D eigenvalue weighted by Gasteiger charge is 2.25. The van der Waals surface area contributed by atoms with E-state index in [0.29, 0.717) is 16.7 Å². The molecule has 0 aliphatic heterocycles. The quantitative estimate of drug-likeness (QED) is 0.716. The van der Waals surface area contributed by atoms with E-state index in [1.165, 1.54) is 7.11 Å². The maximum Gasteiger partial charge on any atom is 0.321 e. The molecule has 0 aliphatic carbocycles. The smallest absolute Gasteiger partial charge is 0.321 e. The fraction of sp³-hybridized carbons (Fsp3) is 0.231. The van der Waals surface area contributed by atoms with Gasteiger partial charge >= 0.3 is 6.01 Å². The molecule has 21 heavy (non-hydrogen) atoms. The van der Waals surface area contributed by atoms with Crippen LogP contribution in [-0.2, 0) is 0 Å². The zero-order valence-electron chi connectivity index (χ0n) is 11.9. The summed E-state index contributed by atoms with van der Waals surface area (Å²) in [6.07, 6.45) is 0. The van der Waals surface area contributed by atoms with Crippen LogP contribution in [0.4, 0.5) is 0 Å². The van der Waals surface area contributed by atoms with Gasteiger partial charge in [0.15, 0.2) is 5.65 Å². The first kappa shape index (κ1) is 13.1. The first-order chi connectivity index (χ1) is 9.95. The Morgan fingerprint density at radius 2 is 2.10 bits per heavy atom. The number of nitrogens with two attached hydrogens (primary N) is 1. The molecule has 0 unspecified atom stereocenters. The topological polar surface area (TPSA) is 100 Å². The molecule has 3 aromatic heterocycles. The highest BCUT2D eigenvalue weighted by atomic mass is 16.5. The van der Waals surface area contributed by atoms with Gasteiger partial charge in [0.25, 0.3) is 5.91 Å². The third-order valence-electron chi connectivity index (χ3n) is 3.29. The van der Waals surface area contributed by atoms with Crippen molar-refractivity contribution in [3.05, 3.63) is 28.4 Å². The molecule has 0 radical (unpaired) electrons. The van der Waals surface area contributed by atoms with Crippen LogP contribution in [0.1, 0.15) is 21.7 Å². The van der Waals surface area contributed by atoms with Crippen molar-refractivity contribution >= 4 is 18.1 Å². The van der Waals surface area contributed by atoms with Crippen molar-refractivity contribution in [1.82, 2.24) is 24.4 Å². The van der Waals surface area contributed by atoms with Crippen LogP contribution in [0.5, 0.6) is 6.01 Å². The highest BCUT2D eigenvalue weighted by Crippen LogP contribution is 2.21. The summed E-state index contributed by atoms with van der Waals surface area (Å²) < 4.78 is 8.31. The number of methoxy groups -OCH3 is 1. The summed E-state index contributed by atoms with van der Waals surface area (Å²) in [4.78, 5) is 11.9. The van der Waals surface area contributed by atoms with E-state index in [4.69, 9.17) is 10.5 Å². The Balaban J connectivity index is 2.47. The van der Waals surface area contributed by atoms with Crippen LogP contribution in [0, 0.1) is 13.8 Å². The molecule has 3 rings (SSSR count). The Labute approximate surface area is 119 Å². The van der Waals surface area contributed by atoms with E-state index in [0.717, 1.165) is 11.4 Å². The molecule has 0 fully saturated rings. The highest BCUT2D eigenvalue weighted by molar-refractivity contribution is 6.03. The lowest BCUT2D eigenvalue weighted by Crippen LogP contribution is -2.20. The SMILES string of the molecule is C=c1c(-n2nc(C)cc2C)c(C(N)=O)c2nnc(OC)n12. The summed E-state index contributed by atoms with van der Waals surface area (Å²) in [5, 5.41) is 12.7. The van der Waals surface area contributed by atoms with Gasteiger partial charge in [0.1, 0.15) is 11.3 Å². The van der Waals surface area contributed by atoms with Crippen LogP contribution in [-0.4, -0.2) is 37.4 Å². The van der Waals surface area contributed by atoms with E-state index in [1.54, 1.807) is 9.08 Å². The minimum absolute atomic E-state index is 0.224. The zero-order chi connectivity index (χ0) is 15.3. The third kappa shape index (κ3) is 1.69. The van der Waals surface area contributed by atoms with Crippen molar-refractivity contribution in [2.24, 2.45) is 5.73 Å². The van der Waals surface area contributed by atoms with E-state index in [-0.39, 0.29) is 11.6 Å². The average molecular weight is 286 g/mol. The van der Waals surface area contributed by atoms with Gasteiger partial charge in [-0.3, -0.25) is 4.79 Å². The Kier molecular flexibility index (Phi) is 2.68. The minimum Gasteiger partial charge on any atom is -0.467 e. The molecular formula is C13H14N6O2. The number of hydrogen-bond donors (Lipinski definition) is 1. The number of aromatic nitrogens is 5. The molecule has 0 bridgehead atoms. The van der Waals surface area contributed by atoms with Gasteiger partial charge in [0.05, 0.1) is 18.2 Å². The summed E-state index contributed by atoms with van der Waals surface area (Å²) in [6.45, 7) is 7.75. The van der Waals surface area contributed by atoms with Crippen LogP contribution in [0.2, 0.25) is 0 Å². The largest absolute Gasteiger partial charge is 0.467 e. The van der Waals surface area contributed by atoms with Gasteiger partial charge in [0.2, 0.25) is 0 Å².